The number of hydrogen-bond donors (Lipinski definition) is 0. The summed E-state index contributed by atoms with van der Waals surface area (Å²) in [5, 5.41) is 0. The zero-order chi connectivity index (χ0) is 14.0. The molecular formula is C13H9BF4O3. The van der Waals surface area contributed by atoms with E-state index in [0.717, 1.165) is 18.2 Å². The van der Waals surface area contributed by atoms with E-state index in [9.17, 15) is 17.6 Å². The summed E-state index contributed by atoms with van der Waals surface area (Å²) >= 11 is 0. The van der Waals surface area contributed by atoms with Gasteiger partial charge in [-0.3, -0.25) is 0 Å². The molecule has 0 heterocycles. The van der Waals surface area contributed by atoms with Crippen LogP contribution in [0.1, 0.15) is 5.56 Å². The smallest absolute Gasteiger partial charge is 0.870 e. The van der Waals surface area contributed by atoms with Crippen molar-refractivity contribution in [3.8, 4) is 11.5 Å². The van der Waals surface area contributed by atoms with Gasteiger partial charge in [-0.15, -0.1) is 0 Å². The van der Waals surface area contributed by atoms with Crippen LogP contribution >= 0.6 is 0 Å². The van der Waals surface area contributed by atoms with Crippen LogP contribution in [0.25, 0.3) is 0 Å². The van der Waals surface area contributed by atoms with Gasteiger partial charge < -0.3 is 11.0 Å². The molecule has 0 radical (unpaired) electrons. The zero-order valence-corrected chi connectivity index (χ0v) is 10.4. The molecule has 0 bridgehead atoms. The van der Waals surface area contributed by atoms with Crippen molar-refractivity contribution in [1.29, 1.82) is 0 Å². The minimum absolute atomic E-state index is 0. The molecule has 2 rings (SSSR count). The SMILES string of the molecule is [B+2]c1ccc(Oc2cccc(F)c2)cc1C(F)(F)F.[OH-].[OH-]. The van der Waals surface area contributed by atoms with Crippen LogP contribution in [0.4, 0.5) is 17.6 Å². The number of rotatable bonds is 2. The number of ether oxygens (including phenoxy) is 1. The van der Waals surface area contributed by atoms with Gasteiger partial charge in [-0.1, -0.05) is 0 Å². The predicted molar refractivity (Wildman–Crippen MR) is 67.2 cm³/mol. The van der Waals surface area contributed by atoms with Crippen molar-refractivity contribution in [1.82, 2.24) is 0 Å². The van der Waals surface area contributed by atoms with Gasteiger partial charge in [0.1, 0.15) is 0 Å². The number of alkyl halides is 3. The quantitative estimate of drug-likeness (QED) is 0.632. The Morgan fingerprint density at radius 1 is 0.905 bits per heavy atom. The molecule has 21 heavy (non-hydrogen) atoms. The molecule has 0 unspecified atom stereocenters. The van der Waals surface area contributed by atoms with E-state index in [2.05, 4.69) is 0 Å². The van der Waals surface area contributed by atoms with Gasteiger partial charge in [-0.25, -0.2) is 0 Å². The fourth-order valence-electron chi connectivity index (χ4n) is 1.51. The van der Waals surface area contributed by atoms with Crippen molar-refractivity contribution < 1.29 is 33.3 Å². The Balaban J connectivity index is 0.00000200. The van der Waals surface area contributed by atoms with E-state index in [1.807, 2.05) is 0 Å². The molecule has 2 aromatic carbocycles. The van der Waals surface area contributed by atoms with E-state index < -0.39 is 17.6 Å². The Labute approximate surface area is 119 Å². The van der Waals surface area contributed by atoms with Crippen LogP contribution in [0.5, 0.6) is 11.5 Å². The first-order chi connectivity index (χ1) is 8.86. The standard InChI is InChI=1S/C13H7BF4O.2H2O/c14-12-5-4-10(7-11(12)13(16,17)18)19-9-3-1-2-8(15)6-9;;/h1-7H;2*1H2/q+2;;/p-2. The molecule has 0 aliphatic heterocycles. The van der Waals surface area contributed by atoms with Gasteiger partial charge in [0.05, 0.1) is 0 Å². The first kappa shape index (κ1) is 18.9. The monoisotopic (exact) mass is 300 g/mol. The summed E-state index contributed by atoms with van der Waals surface area (Å²) in [4.78, 5) is 0. The van der Waals surface area contributed by atoms with Crippen molar-refractivity contribution >= 4 is 13.3 Å². The van der Waals surface area contributed by atoms with Crippen LogP contribution in [0.2, 0.25) is 0 Å². The van der Waals surface area contributed by atoms with E-state index in [1.165, 1.54) is 24.3 Å². The van der Waals surface area contributed by atoms with Crippen LogP contribution in [0.15, 0.2) is 42.5 Å². The summed E-state index contributed by atoms with van der Waals surface area (Å²) in [5.41, 5.74) is -1.37. The zero-order valence-electron chi connectivity index (χ0n) is 10.4. The summed E-state index contributed by atoms with van der Waals surface area (Å²) in [7, 11) is 5.26. The van der Waals surface area contributed by atoms with Crippen molar-refractivity contribution in [3.05, 3.63) is 53.8 Å². The molecule has 0 saturated carbocycles. The Morgan fingerprint density at radius 2 is 1.52 bits per heavy atom. The van der Waals surface area contributed by atoms with Crippen molar-refractivity contribution in [2.24, 2.45) is 0 Å². The van der Waals surface area contributed by atoms with Gasteiger partial charge in [-0.05, 0) is 0 Å². The number of hydrogen-bond acceptors (Lipinski definition) is 3. The predicted octanol–water partition coefficient (Wildman–Crippen LogP) is 3.08. The van der Waals surface area contributed by atoms with Gasteiger partial charge in [0.2, 0.25) is 0 Å². The molecule has 0 aliphatic carbocycles. The van der Waals surface area contributed by atoms with E-state index in [1.54, 1.807) is 0 Å². The molecule has 2 aromatic rings. The Morgan fingerprint density at radius 3 is 2.10 bits per heavy atom. The van der Waals surface area contributed by atoms with Crippen molar-refractivity contribution in [2.75, 3.05) is 0 Å². The summed E-state index contributed by atoms with van der Waals surface area (Å²) in [6.45, 7) is 0. The second-order valence-electron chi connectivity index (χ2n) is 3.81. The molecular weight excluding hydrogens is 291 g/mol. The first-order valence-electron chi connectivity index (χ1n) is 5.26. The summed E-state index contributed by atoms with van der Waals surface area (Å²) < 4.78 is 56.0. The minimum Gasteiger partial charge on any atom is -0.870 e. The average molecular weight is 300 g/mol. The van der Waals surface area contributed by atoms with E-state index in [-0.39, 0.29) is 27.9 Å². The van der Waals surface area contributed by atoms with Crippen LogP contribution < -0.4 is 10.2 Å². The molecule has 0 atom stereocenters. The average Bonchev–Trinajstić information content (AvgIpc) is 2.30. The Bertz CT molecular complexity index is 602. The Kier molecular flexibility index (Phi) is 6.40. The van der Waals surface area contributed by atoms with Gasteiger partial charge in [-0.2, -0.15) is 0 Å². The Hall–Kier alpha value is -2.06. The molecule has 110 valence electrons. The van der Waals surface area contributed by atoms with Crippen LogP contribution in [0.3, 0.4) is 0 Å². The topological polar surface area (TPSA) is 69.2 Å². The molecule has 0 spiro atoms. The van der Waals surface area contributed by atoms with Gasteiger partial charge in [0.25, 0.3) is 0 Å². The molecule has 0 saturated heterocycles. The third-order valence-corrected chi connectivity index (χ3v) is 2.36. The summed E-state index contributed by atoms with van der Waals surface area (Å²) in [6, 6.07) is 8.27. The van der Waals surface area contributed by atoms with Crippen LogP contribution in [0, 0.1) is 5.82 Å². The second-order valence-corrected chi connectivity index (χ2v) is 3.81. The van der Waals surface area contributed by atoms with E-state index in [4.69, 9.17) is 12.6 Å². The van der Waals surface area contributed by atoms with Crippen molar-refractivity contribution in [3.63, 3.8) is 0 Å². The van der Waals surface area contributed by atoms with Crippen molar-refractivity contribution in [2.45, 2.75) is 6.18 Å². The maximum Gasteiger partial charge on any atom is -0.870 e. The summed E-state index contributed by atoms with van der Waals surface area (Å²) in [5.74, 6) is -0.492. The van der Waals surface area contributed by atoms with E-state index in [0.29, 0.717) is 0 Å². The van der Waals surface area contributed by atoms with Gasteiger partial charge >= 0.3 is 107 Å². The second kappa shape index (κ2) is 7.10. The summed E-state index contributed by atoms with van der Waals surface area (Å²) in [6.07, 6.45) is -4.56. The van der Waals surface area contributed by atoms with Crippen LogP contribution in [-0.4, -0.2) is 18.8 Å². The van der Waals surface area contributed by atoms with Gasteiger partial charge in [0, 0.05) is 0 Å². The molecule has 8 heteroatoms. The third kappa shape index (κ3) is 4.76. The molecule has 0 amide bonds. The first-order valence-corrected chi connectivity index (χ1v) is 5.26. The fourth-order valence-corrected chi connectivity index (χ4v) is 1.51. The molecule has 0 fully saturated rings. The number of benzene rings is 2. The van der Waals surface area contributed by atoms with Gasteiger partial charge in [0.15, 0.2) is 0 Å². The number of halogens is 4. The maximum absolute atomic E-state index is 12.9. The normalized spacial score (nSPS) is 10.4. The largest absolute Gasteiger partial charge is 0.870 e. The fraction of sp³-hybridized carbons (Fsp3) is 0.0769. The molecule has 2 N–H and O–H groups in total. The third-order valence-electron chi connectivity index (χ3n) is 2.36. The molecule has 0 aromatic heterocycles. The molecule has 3 nitrogen and oxygen atoms in total. The minimum atomic E-state index is -4.56. The maximum atomic E-state index is 12.9. The van der Waals surface area contributed by atoms with E-state index >= 15 is 0 Å². The molecule has 0 aliphatic rings. The van der Waals surface area contributed by atoms with Crippen LogP contribution in [-0.2, 0) is 6.18 Å².